The molecule has 0 spiro atoms. The van der Waals surface area contributed by atoms with Gasteiger partial charge in [-0.05, 0) is 37.1 Å². The summed E-state index contributed by atoms with van der Waals surface area (Å²) in [6.07, 6.45) is 0. The topological polar surface area (TPSA) is 34.9 Å². The van der Waals surface area contributed by atoms with Gasteiger partial charge in [0.05, 0.1) is 11.4 Å². The second kappa shape index (κ2) is 7.67. The minimum atomic E-state index is -0.0958. The van der Waals surface area contributed by atoms with Crippen LogP contribution in [-0.4, -0.2) is 20.6 Å². The highest BCUT2D eigenvalue weighted by Gasteiger charge is 2.34. The first-order valence-corrected chi connectivity index (χ1v) is 12.2. The molecule has 6 heteroatoms. The van der Waals surface area contributed by atoms with Crippen molar-refractivity contribution in [2.75, 3.05) is 5.75 Å². The molecule has 5 rings (SSSR count). The Hall–Kier alpha value is -2.02. The van der Waals surface area contributed by atoms with Crippen molar-refractivity contribution < 1.29 is 0 Å². The van der Waals surface area contributed by atoms with Gasteiger partial charge in [0.25, 0.3) is 5.56 Å². The molecule has 0 saturated heterocycles. The SMILES string of the molecule is Cc1sc2c(c1C)c(=O)nc1n2[C@@H](c2ccccc2)[C@H](Sc2ccccc2)CS1. The zero-order valence-electron chi connectivity index (χ0n) is 16.2. The van der Waals surface area contributed by atoms with E-state index in [2.05, 4.69) is 77.1 Å². The Labute approximate surface area is 182 Å². The van der Waals surface area contributed by atoms with Crippen LogP contribution in [0.15, 0.2) is 75.5 Å². The lowest BCUT2D eigenvalue weighted by Gasteiger charge is -2.35. The van der Waals surface area contributed by atoms with Crippen molar-refractivity contribution in [3.05, 3.63) is 87.0 Å². The van der Waals surface area contributed by atoms with Gasteiger partial charge in [-0.25, -0.2) is 0 Å². The summed E-state index contributed by atoms with van der Waals surface area (Å²) in [4.78, 5) is 20.8. The molecule has 3 nitrogen and oxygen atoms in total. The lowest BCUT2D eigenvalue weighted by molar-refractivity contribution is 0.526. The summed E-state index contributed by atoms with van der Waals surface area (Å²) < 4.78 is 2.32. The van der Waals surface area contributed by atoms with Crippen LogP contribution in [0.5, 0.6) is 0 Å². The van der Waals surface area contributed by atoms with Gasteiger partial charge in [0.15, 0.2) is 5.16 Å². The Morgan fingerprint density at radius 3 is 2.45 bits per heavy atom. The molecule has 0 saturated carbocycles. The highest BCUT2D eigenvalue weighted by atomic mass is 32.2. The summed E-state index contributed by atoms with van der Waals surface area (Å²) >= 11 is 5.32. The molecule has 0 N–H and O–H groups in total. The molecule has 1 aliphatic rings. The van der Waals surface area contributed by atoms with Crippen molar-refractivity contribution in [2.24, 2.45) is 0 Å². The third-order valence-corrected chi connectivity index (χ3v) is 9.14. The number of thiophene rings is 1. The first kappa shape index (κ1) is 19.0. The van der Waals surface area contributed by atoms with E-state index in [1.54, 1.807) is 23.1 Å². The van der Waals surface area contributed by atoms with Crippen molar-refractivity contribution in [1.82, 2.24) is 9.55 Å². The first-order valence-electron chi connectivity index (χ1n) is 9.55. The lowest BCUT2D eigenvalue weighted by atomic mass is 10.0. The number of fused-ring (bicyclic) bond motifs is 3. The van der Waals surface area contributed by atoms with E-state index in [4.69, 9.17) is 0 Å². The van der Waals surface area contributed by atoms with Crippen LogP contribution in [0.3, 0.4) is 0 Å². The monoisotopic (exact) mass is 436 g/mol. The molecule has 0 aliphatic carbocycles. The maximum absolute atomic E-state index is 12.8. The van der Waals surface area contributed by atoms with Crippen molar-refractivity contribution >= 4 is 45.1 Å². The third-order valence-electron chi connectivity index (χ3n) is 5.38. The van der Waals surface area contributed by atoms with Crippen LogP contribution in [0.2, 0.25) is 0 Å². The van der Waals surface area contributed by atoms with Gasteiger partial charge in [-0.3, -0.25) is 4.79 Å². The summed E-state index contributed by atoms with van der Waals surface area (Å²) in [5.74, 6) is 0.917. The number of benzene rings is 2. The Morgan fingerprint density at radius 2 is 1.72 bits per heavy atom. The largest absolute Gasteiger partial charge is 0.303 e. The Morgan fingerprint density at radius 1 is 1.03 bits per heavy atom. The van der Waals surface area contributed by atoms with Crippen molar-refractivity contribution in [3.63, 3.8) is 0 Å². The van der Waals surface area contributed by atoms with E-state index >= 15 is 0 Å². The van der Waals surface area contributed by atoms with Crippen LogP contribution in [0.1, 0.15) is 22.0 Å². The molecule has 3 heterocycles. The zero-order chi connectivity index (χ0) is 20.0. The average Bonchev–Trinajstić information content (AvgIpc) is 3.05. The second-order valence-electron chi connectivity index (χ2n) is 7.17. The molecule has 0 unspecified atom stereocenters. The fraction of sp³-hybridized carbons (Fsp3) is 0.217. The van der Waals surface area contributed by atoms with E-state index in [-0.39, 0.29) is 11.6 Å². The van der Waals surface area contributed by atoms with Gasteiger partial charge in [0, 0.05) is 20.8 Å². The molecule has 146 valence electrons. The van der Waals surface area contributed by atoms with Crippen LogP contribution in [0.25, 0.3) is 10.2 Å². The molecular weight excluding hydrogens is 416 g/mol. The number of rotatable bonds is 3. The van der Waals surface area contributed by atoms with Crippen LogP contribution >= 0.6 is 34.9 Å². The van der Waals surface area contributed by atoms with Crippen molar-refractivity contribution in [2.45, 2.75) is 35.2 Å². The zero-order valence-corrected chi connectivity index (χ0v) is 18.6. The van der Waals surface area contributed by atoms with E-state index in [1.807, 2.05) is 18.7 Å². The van der Waals surface area contributed by atoms with E-state index in [9.17, 15) is 4.79 Å². The van der Waals surface area contributed by atoms with Gasteiger partial charge < -0.3 is 4.57 Å². The fourth-order valence-corrected chi connectivity index (χ4v) is 7.64. The van der Waals surface area contributed by atoms with Crippen LogP contribution in [0.4, 0.5) is 0 Å². The molecule has 2 aromatic carbocycles. The average molecular weight is 437 g/mol. The van der Waals surface area contributed by atoms with Gasteiger partial charge in [0.1, 0.15) is 4.83 Å². The number of thioether (sulfide) groups is 2. The molecule has 29 heavy (non-hydrogen) atoms. The predicted octanol–water partition coefficient (Wildman–Crippen LogP) is 5.93. The molecule has 1 aliphatic heterocycles. The number of hydrogen-bond acceptors (Lipinski definition) is 5. The summed E-state index contributed by atoms with van der Waals surface area (Å²) in [7, 11) is 0. The molecule has 0 bridgehead atoms. The fourth-order valence-electron chi connectivity index (χ4n) is 3.86. The highest BCUT2D eigenvalue weighted by molar-refractivity contribution is 8.03. The maximum Gasteiger partial charge on any atom is 0.282 e. The van der Waals surface area contributed by atoms with E-state index in [1.165, 1.54) is 15.3 Å². The minimum absolute atomic E-state index is 0.0958. The third kappa shape index (κ3) is 3.33. The maximum atomic E-state index is 12.8. The minimum Gasteiger partial charge on any atom is -0.303 e. The summed E-state index contributed by atoms with van der Waals surface area (Å²) in [6, 6.07) is 21.3. The standard InChI is InChI=1S/C23H20N2OS3/c1-14-15(2)28-22-19(14)21(26)24-23-25(22)20(16-9-5-3-6-10-16)18(13-27-23)29-17-11-7-4-8-12-17/h3-12,18,20H,13H2,1-2H3/t18-,20+/m1/s1. The Kier molecular flexibility index (Phi) is 5.02. The van der Waals surface area contributed by atoms with Crippen LogP contribution in [0, 0.1) is 13.8 Å². The number of aromatic nitrogens is 2. The second-order valence-corrected chi connectivity index (χ2v) is 10.7. The molecule has 0 amide bonds. The Balaban J connectivity index is 1.73. The molecule has 0 fully saturated rings. The number of aryl methyl sites for hydroxylation is 2. The van der Waals surface area contributed by atoms with Gasteiger partial charge in [-0.15, -0.1) is 23.1 Å². The lowest BCUT2D eigenvalue weighted by Crippen LogP contribution is -2.32. The molecular formula is C23H20N2OS3. The van der Waals surface area contributed by atoms with Crippen LogP contribution < -0.4 is 5.56 Å². The normalized spacial score (nSPS) is 18.7. The highest BCUT2D eigenvalue weighted by Crippen LogP contribution is 2.45. The quantitative estimate of drug-likeness (QED) is 0.373. The van der Waals surface area contributed by atoms with E-state index in [0.717, 1.165) is 26.7 Å². The van der Waals surface area contributed by atoms with E-state index < -0.39 is 0 Å². The summed E-state index contributed by atoms with van der Waals surface area (Å²) in [5, 5.41) is 1.96. The summed E-state index contributed by atoms with van der Waals surface area (Å²) in [6.45, 7) is 4.13. The predicted molar refractivity (Wildman–Crippen MR) is 125 cm³/mol. The van der Waals surface area contributed by atoms with Crippen molar-refractivity contribution in [1.29, 1.82) is 0 Å². The van der Waals surface area contributed by atoms with Gasteiger partial charge in [-0.2, -0.15) is 4.98 Å². The Bertz CT molecular complexity index is 1230. The smallest absolute Gasteiger partial charge is 0.282 e. The van der Waals surface area contributed by atoms with E-state index in [0.29, 0.717) is 5.25 Å². The molecule has 2 atom stereocenters. The molecule has 4 aromatic rings. The first-order chi connectivity index (χ1) is 14.1. The summed E-state index contributed by atoms with van der Waals surface area (Å²) in [5.41, 5.74) is 2.23. The van der Waals surface area contributed by atoms with Gasteiger partial charge >= 0.3 is 0 Å². The number of hydrogen-bond donors (Lipinski definition) is 0. The van der Waals surface area contributed by atoms with Crippen molar-refractivity contribution in [3.8, 4) is 0 Å². The van der Waals surface area contributed by atoms with Gasteiger partial charge in [0.2, 0.25) is 0 Å². The molecule has 0 radical (unpaired) electrons. The number of nitrogens with zero attached hydrogens (tertiary/aromatic N) is 2. The van der Waals surface area contributed by atoms with Crippen LogP contribution in [-0.2, 0) is 0 Å². The van der Waals surface area contributed by atoms with Gasteiger partial charge in [-0.1, -0.05) is 60.3 Å². The molecule has 2 aromatic heterocycles.